The lowest BCUT2D eigenvalue weighted by Gasteiger charge is -2.25. The third kappa shape index (κ3) is 6.59. The van der Waals surface area contributed by atoms with Crippen molar-refractivity contribution in [2.45, 2.75) is 55.4 Å². The van der Waals surface area contributed by atoms with E-state index in [4.69, 9.17) is 4.74 Å². The Labute approximate surface area is 234 Å². The van der Waals surface area contributed by atoms with Crippen LogP contribution in [0.5, 0.6) is 0 Å². The molecule has 0 spiro atoms. The summed E-state index contributed by atoms with van der Waals surface area (Å²) in [5.74, 6) is 0.0624. The van der Waals surface area contributed by atoms with Crippen LogP contribution in [-0.2, 0) is 14.3 Å². The number of ether oxygens (including phenoxy) is 1. The Morgan fingerprint density at radius 1 is 1.20 bits per heavy atom. The monoisotopic (exact) mass is 566 g/mol. The van der Waals surface area contributed by atoms with Crippen LogP contribution in [0, 0.1) is 6.92 Å². The molecule has 1 unspecified atom stereocenters. The van der Waals surface area contributed by atoms with Gasteiger partial charge in [-0.1, -0.05) is 0 Å². The number of carbonyl (C=O) groups is 2. The lowest BCUT2D eigenvalue weighted by molar-refractivity contribution is -0.168. The second-order valence-electron chi connectivity index (χ2n) is 10.7. The van der Waals surface area contributed by atoms with E-state index in [1.54, 1.807) is 37.8 Å². The van der Waals surface area contributed by atoms with Crippen molar-refractivity contribution in [2.24, 2.45) is 0 Å². The fourth-order valence-corrected chi connectivity index (χ4v) is 5.03. The first-order valence-corrected chi connectivity index (χ1v) is 13.6. The van der Waals surface area contributed by atoms with Crippen LogP contribution in [0.3, 0.4) is 0 Å². The number of aromatic amines is 1. The number of fused-ring (bicyclic) bond motifs is 1. The van der Waals surface area contributed by atoms with Crippen LogP contribution < -0.4 is 10.6 Å². The van der Waals surface area contributed by atoms with E-state index in [0.717, 1.165) is 16.2 Å². The summed E-state index contributed by atoms with van der Waals surface area (Å²) in [4.78, 5) is 36.7. The topological polar surface area (TPSA) is 130 Å². The number of esters is 1. The number of anilines is 3. The average molecular weight is 567 g/mol. The molecule has 4 heterocycles. The van der Waals surface area contributed by atoms with Gasteiger partial charge in [0.1, 0.15) is 11.2 Å². The zero-order valence-corrected chi connectivity index (χ0v) is 23.5. The average Bonchev–Trinajstić information content (AvgIpc) is 3.60. The Kier molecular flexibility index (Phi) is 7.51. The Morgan fingerprint density at radius 2 is 1.98 bits per heavy atom. The number of aromatic nitrogens is 5. The summed E-state index contributed by atoms with van der Waals surface area (Å²) in [6.45, 7) is 7.11. The lowest BCUT2D eigenvalue weighted by atomic mass is 10.1. The number of rotatable bonds is 8. The van der Waals surface area contributed by atoms with E-state index in [9.17, 15) is 9.59 Å². The highest BCUT2D eigenvalue weighted by Crippen LogP contribution is 2.30. The van der Waals surface area contributed by atoms with Crippen molar-refractivity contribution >= 4 is 46.7 Å². The van der Waals surface area contributed by atoms with E-state index in [0.29, 0.717) is 29.2 Å². The molecule has 210 valence electrons. The first kappa shape index (κ1) is 27.6. The number of halogens is 1. The van der Waals surface area contributed by atoms with Gasteiger partial charge in [-0.2, -0.15) is 10.1 Å². The molecular formula is C27H31FN8O3S. The maximum Gasteiger partial charge on any atom is 0.345 e. The highest BCUT2D eigenvalue weighted by Gasteiger charge is 2.48. The fourth-order valence-electron chi connectivity index (χ4n) is 4.27. The standard InChI is InChI=1S/C27H31FN8O3S/c1-17-14-20(34-33-17)30-24-32-25(31-21-6-5-12-36(21)24)40-19-9-7-18(8-10-19)29-22(37)15-35-13-11-27(28,16-35)23(38)39-26(2,3)4/h5-10,12,14H,11,13,15-16H2,1-4H3,(H,29,37)(H2,30,31,32,33,34). The van der Waals surface area contributed by atoms with E-state index in [1.807, 2.05) is 47.9 Å². The predicted octanol–water partition coefficient (Wildman–Crippen LogP) is 4.35. The zero-order chi connectivity index (χ0) is 28.5. The molecule has 1 aliphatic rings. The van der Waals surface area contributed by atoms with Gasteiger partial charge in [0.25, 0.3) is 0 Å². The predicted molar refractivity (Wildman–Crippen MR) is 150 cm³/mol. The van der Waals surface area contributed by atoms with Gasteiger partial charge in [0.15, 0.2) is 11.0 Å². The maximum atomic E-state index is 15.1. The largest absolute Gasteiger partial charge is 0.458 e. The van der Waals surface area contributed by atoms with Gasteiger partial charge in [-0.3, -0.25) is 19.2 Å². The number of hydrogen-bond acceptors (Lipinski definition) is 9. The van der Waals surface area contributed by atoms with Crippen LogP contribution >= 0.6 is 11.8 Å². The molecule has 0 bridgehead atoms. The molecule has 3 N–H and O–H groups in total. The van der Waals surface area contributed by atoms with Gasteiger partial charge >= 0.3 is 5.97 Å². The van der Waals surface area contributed by atoms with Crippen molar-refractivity contribution in [2.75, 3.05) is 30.3 Å². The molecule has 0 radical (unpaired) electrons. The van der Waals surface area contributed by atoms with Gasteiger partial charge < -0.3 is 15.4 Å². The minimum absolute atomic E-state index is 0.00319. The quantitative estimate of drug-likeness (QED) is 0.267. The first-order valence-electron chi connectivity index (χ1n) is 12.8. The highest BCUT2D eigenvalue weighted by molar-refractivity contribution is 7.99. The number of aryl methyl sites for hydroxylation is 1. The number of nitrogens with zero attached hydrogens (tertiary/aromatic N) is 5. The normalized spacial score (nSPS) is 17.7. The molecule has 1 amide bonds. The maximum absolute atomic E-state index is 15.1. The second-order valence-corrected chi connectivity index (χ2v) is 11.8. The third-order valence-electron chi connectivity index (χ3n) is 6.09. The van der Waals surface area contributed by atoms with E-state index >= 15 is 4.39 Å². The third-order valence-corrected chi connectivity index (χ3v) is 6.96. The zero-order valence-electron chi connectivity index (χ0n) is 22.7. The van der Waals surface area contributed by atoms with Gasteiger partial charge in [-0.25, -0.2) is 14.2 Å². The van der Waals surface area contributed by atoms with E-state index < -0.39 is 17.2 Å². The molecule has 1 aromatic carbocycles. The number of nitrogens with one attached hydrogen (secondary N) is 3. The molecule has 1 aliphatic heterocycles. The number of amides is 1. The number of alkyl halides is 1. The van der Waals surface area contributed by atoms with Gasteiger partial charge in [0.2, 0.25) is 17.5 Å². The van der Waals surface area contributed by atoms with Crippen LogP contribution in [0.1, 0.15) is 32.9 Å². The van der Waals surface area contributed by atoms with E-state index in [-0.39, 0.29) is 25.4 Å². The Bertz CT molecular complexity index is 1530. The van der Waals surface area contributed by atoms with Crippen molar-refractivity contribution in [3.05, 3.63) is 54.4 Å². The van der Waals surface area contributed by atoms with Gasteiger partial charge in [0.05, 0.1) is 6.54 Å². The second kappa shape index (κ2) is 10.9. The molecule has 13 heteroatoms. The fraction of sp³-hybridized carbons (Fsp3) is 0.370. The lowest BCUT2D eigenvalue weighted by Crippen LogP contribution is -2.43. The smallest absolute Gasteiger partial charge is 0.345 e. The number of hydrogen-bond donors (Lipinski definition) is 3. The van der Waals surface area contributed by atoms with Gasteiger partial charge in [-0.15, -0.1) is 0 Å². The summed E-state index contributed by atoms with van der Waals surface area (Å²) in [6.07, 6.45) is 1.87. The number of benzene rings is 1. The van der Waals surface area contributed by atoms with Gasteiger partial charge in [0, 0.05) is 48.1 Å². The summed E-state index contributed by atoms with van der Waals surface area (Å²) < 4.78 is 22.2. The molecule has 3 aromatic heterocycles. The molecule has 0 aliphatic carbocycles. The summed E-state index contributed by atoms with van der Waals surface area (Å²) in [5.41, 5.74) is -0.608. The van der Waals surface area contributed by atoms with Gasteiger partial charge in [-0.05, 0) is 75.9 Å². The minimum Gasteiger partial charge on any atom is -0.458 e. The first-order chi connectivity index (χ1) is 19.0. The molecule has 0 saturated carbocycles. The molecule has 1 fully saturated rings. The van der Waals surface area contributed by atoms with Crippen LogP contribution in [0.15, 0.2) is 58.7 Å². The van der Waals surface area contributed by atoms with Crippen molar-refractivity contribution in [3.63, 3.8) is 0 Å². The molecule has 1 atom stereocenters. The molecular weight excluding hydrogens is 535 g/mol. The Hall–Kier alpha value is -3.97. The van der Waals surface area contributed by atoms with E-state index in [2.05, 4.69) is 30.8 Å². The van der Waals surface area contributed by atoms with Crippen LogP contribution in [0.25, 0.3) is 5.65 Å². The SMILES string of the molecule is Cc1cc(Nc2nc(Sc3ccc(NC(=O)CN4CCC(F)(C(=O)OC(C)(C)C)C4)cc3)nc3cccn23)n[nH]1. The summed E-state index contributed by atoms with van der Waals surface area (Å²) >= 11 is 1.39. The summed E-state index contributed by atoms with van der Waals surface area (Å²) in [6, 6.07) is 13.0. The molecule has 4 aromatic rings. The van der Waals surface area contributed by atoms with E-state index in [1.165, 1.54) is 11.8 Å². The Balaban J connectivity index is 1.18. The minimum atomic E-state index is -2.11. The van der Waals surface area contributed by atoms with Crippen molar-refractivity contribution in [3.8, 4) is 0 Å². The van der Waals surface area contributed by atoms with Crippen molar-refractivity contribution in [1.82, 2.24) is 29.5 Å². The van der Waals surface area contributed by atoms with Crippen LogP contribution in [-0.4, -0.2) is 72.2 Å². The van der Waals surface area contributed by atoms with Crippen molar-refractivity contribution in [1.29, 1.82) is 0 Å². The molecule has 40 heavy (non-hydrogen) atoms. The highest BCUT2D eigenvalue weighted by atomic mass is 32.2. The summed E-state index contributed by atoms with van der Waals surface area (Å²) in [7, 11) is 0. The molecule has 5 rings (SSSR count). The number of H-pyrrole nitrogens is 1. The summed E-state index contributed by atoms with van der Waals surface area (Å²) in [5, 5.41) is 13.7. The van der Waals surface area contributed by atoms with Crippen LogP contribution in [0.4, 0.5) is 21.8 Å². The number of likely N-dealkylation sites (tertiary alicyclic amines) is 1. The molecule has 11 nitrogen and oxygen atoms in total. The molecule has 1 saturated heterocycles. The van der Waals surface area contributed by atoms with Crippen molar-refractivity contribution < 1.29 is 18.7 Å². The number of carbonyl (C=O) groups excluding carboxylic acids is 2. The Morgan fingerprint density at radius 3 is 2.67 bits per heavy atom. The van der Waals surface area contributed by atoms with Crippen LogP contribution in [0.2, 0.25) is 0 Å².